The first-order valence-corrected chi connectivity index (χ1v) is 12.7. The zero-order valence-electron chi connectivity index (χ0n) is 17.3. The van der Waals surface area contributed by atoms with Crippen LogP contribution in [0.4, 0.5) is 0 Å². The SMILES string of the molecule is N#CC(C#N)=C1Sc2c(OCC3CCCCC3)ccc(OCC3CCCCC3)c2S1. The van der Waals surface area contributed by atoms with Crippen LogP contribution in [0.2, 0.25) is 0 Å². The second kappa shape index (κ2) is 10.5. The molecule has 158 valence electrons. The quantitative estimate of drug-likeness (QED) is 0.441. The summed E-state index contributed by atoms with van der Waals surface area (Å²) in [5.41, 5.74) is 0.165. The first-order valence-electron chi connectivity index (χ1n) is 11.1. The summed E-state index contributed by atoms with van der Waals surface area (Å²) >= 11 is 2.95. The molecule has 1 heterocycles. The molecule has 2 fully saturated rings. The number of nitrogens with zero attached hydrogens (tertiary/aromatic N) is 2. The van der Waals surface area contributed by atoms with Crippen LogP contribution >= 0.6 is 23.5 Å². The third kappa shape index (κ3) is 5.10. The lowest BCUT2D eigenvalue weighted by molar-refractivity contribution is 0.198. The minimum Gasteiger partial charge on any atom is -0.492 e. The number of benzene rings is 1. The molecule has 1 aromatic rings. The molecule has 1 aromatic carbocycles. The first kappa shape index (κ1) is 21.5. The predicted molar refractivity (Wildman–Crippen MR) is 121 cm³/mol. The number of rotatable bonds is 6. The van der Waals surface area contributed by atoms with Gasteiger partial charge in [-0.2, -0.15) is 10.5 Å². The molecule has 0 radical (unpaired) electrons. The maximum atomic E-state index is 9.33. The number of allylic oxidation sites excluding steroid dienone is 1. The summed E-state index contributed by atoms with van der Waals surface area (Å²) < 4.78 is 13.2. The van der Waals surface area contributed by atoms with Crippen molar-refractivity contribution in [2.75, 3.05) is 13.2 Å². The summed E-state index contributed by atoms with van der Waals surface area (Å²) in [4.78, 5) is 1.99. The highest BCUT2D eigenvalue weighted by molar-refractivity contribution is 8.24. The van der Waals surface area contributed by atoms with E-state index in [1.807, 2.05) is 24.3 Å². The Labute approximate surface area is 188 Å². The van der Waals surface area contributed by atoms with E-state index in [0.717, 1.165) is 38.7 Å². The fraction of sp³-hybridized carbons (Fsp3) is 0.583. The van der Waals surface area contributed by atoms with E-state index < -0.39 is 0 Å². The molecule has 0 spiro atoms. The van der Waals surface area contributed by atoms with Crippen molar-refractivity contribution in [3.63, 3.8) is 0 Å². The number of fused-ring (bicyclic) bond motifs is 1. The second-order valence-corrected chi connectivity index (χ2v) is 10.7. The molecule has 2 saturated carbocycles. The van der Waals surface area contributed by atoms with Gasteiger partial charge in [-0.25, -0.2) is 0 Å². The Morgan fingerprint density at radius 3 is 1.60 bits per heavy atom. The van der Waals surface area contributed by atoms with E-state index in [4.69, 9.17) is 9.47 Å². The predicted octanol–water partition coefficient (Wildman–Crippen LogP) is 7.06. The fourth-order valence-corrected chi connectivity index (χ4v) is 7.01. The molecule has 4 rings (SSSR count). The zero-order chi connectivity index (χ0) is 20.8. The molecule has 6 heteroatoms. The van der Waals surface area contributed by atoms with Crippen LogP contribution in [0.3, 0.4) is 0 Å². The lowest BCUT2D eigenvalue weighted by atomic mass is 9.90. The van der Waals surface area contributed by atoms with E-state index in [1.165, 1.54) is 87.7 Å². The smallest absolute Gasteiger partial charge is 0.150 e. The normalized spacial score (nSPS) is 19.6. The van der Waals surface area contributed by atoms with Crippen LogP contribution in [0.1, 0.15) is 64.2 Å². The summed E-state index contributed by atoms with van der Waals surface area (Å²) in [6, 6.07) is 8.07. The van der Waals surface area contributed by atoms with Crippen LogP contribution < -0.4 is 9.47 Å². The highest BCUT2D eigenvalue weighted by atomic mass is 32.2. The van der Waals surface area contributed by atoms with E-state index >= 15 is 0 Å². The summed E-state index contributed by atoms with van der Waals surface area (Å²) in [6.45, 7) is 1.48. The van der Waals surface area contributed by atoms with Crippen molar-refractivity contribution in [3.05, 3.63) is 21.9 Å². The van der Waals surface area contributed by atoms with Gasteiger partial charge in [-0.1, -0.05) is 62.0 Å². The third-order valence-electron chi connectivity index (χ3n) is 6.26. The fourth-order valence-electron chi connectivity index (χ4n) is 4.49. The van der Waals surface area contributed by atoms with E-state index in [1.54, 1.807) is 0 Å². The van der Waals surface area contributed by atoms with Crippen LogP contribution in [0.5, 0.6) is 11.5 Å². The van der Waals surface area contributed by atoms with Gasteiger partial charge in [-0.15, -0.1) is 0 Å². The van der Waals surface area contributed by atoms with Gasteiger partial charge in [0.2, 0.25) is 0 Å². The van der Waals surface area contributed by atoms with Gasteiger partial charge in [-0.3, -0.25) is 0 Å². The average molecular weight is 441 g/mol. The molecule has 0 saturated heterocycles. The number of ether oxygens (including phenoxy) is 2. The van der Waals surface area contributed by atoms with Gasteiger partial charge in [0.25, 0.3) is 0 Å². The number of thioether (sulfide) groups is 2. The van der Waals surface area contributed by atoms with Crippen molar-refractivity contribution >= 4 is 23.5 Å². The van der Waals surface area contributed by atoms with Gasteiger partial charge in [0.1, 0.15) is 29.2 Å². The molecule has 0 N–H and O–H groups in total. The van der Waals surface area contributed by atoms with E-state index in [-0.39, 0.29) is 5.57 Å². The Kier molecular flexibility index (Phi) is 7.52. The zero-order valence-corrected chi connectivity index (χ0v) is 19.0. The monoisotopic (exact) mass is 440 g/mol. The molecule has 4 nitrogen and oxygen atoms in total. The average Bonchev–Trinajstić information content (AvgIpc) is 3.24. The lowest BCUT2D eigenvalue weighted by Gasteiger charge is -2.23. The highest BCUT2D eigenvalue weighted by Gasteiger charge is 2.29. The highest BCUT2D eigenvalue weighted by Crippen LogP contribution is 2.59. The van der Waals surface area contributed by atoms with E-state index in [9.17, 15) is 10.5 Å². The minimum atomic E-state index is 0.165. The Morgan fingerprint density at radius 1 is 0.767 bits per heavy atom. The topological polar surface area (TPSA) is 66.0 Å². The lowest BCUT2D eigenvalue weighted by Crippen LogP contribution is -2.16. The van der Waals surface area contributed by atoms with E-state index in [2.05, 4.69) is 0 Å². The third-order valence-corrected chi connectivity index (χ3v) is 8.88. The van der Waals surface area contributed by atoms with Crippen molar-refractivity contribution < 1.29 is 9.47 Å². The van der Waals surface area contributed by atoms with Crippen molar-refractivity contribution in [1.82, 2.24) is 0 Å². The number of hydrogen-bond donors (Lipinski definition) is 0. The maximum Gasteiger partial charge on any atom is 0.150 e. The second-order valence-electron chi connectivity index (χ2n) is 8.44. The van der Waals surface area contributed by atoms with Gasteiger partial charge in [0.05, 0.1) is 27.2 Å². The molecular formula is C24H28N2O2S2. The van der Waals surface area contributed by atoms with Gasteiger partial charge in [0.15, 0.2) is 0 Å². The molecular weight excluding hydrogens is 412 g/mol. The van der Waals surface area contributed by atoms with Gasteiger partial charge < -0.3 is 9.47 Å². The molecule has 0 atom stereocenters. The molecule has 30 heavy (non-hydrogen) atoms. The van der Waals surface area contributed by atoms with Gasteiger partial charge >= 0.3 is 0 Å². The molecule has 3 aliphatic rings. The van der Waals surface area contributed by atoms with E-state index in [0.29, 0.717) is 11.8 Å². The molecule has 2 aliphatic carbocycles. The summed E-state index contributed by atoms with van der Waals surface area (Å²) in [5.74, 6) is 2.95. The standard InChI is InChI=1S/C24H28N2O2S2/c25-13-19(14-26)24-29-22-20(27-15-17-7-3-1-4-8-17)11-12-21(23(22)30-24)28-16-18-9-5-2-6-10-18/h11-12,17-18H,1-10,15-16H2. The summed E-state index contributed by atoms with van der Waals surface area (Å²) in [5, 5.41) is 18.7. The molecule has 0 bridgehead atoms. The molecule has 0 unspecified atom stereocenters. The van der Waals surface area contributed by atoms with Crippen molar-refractivity contribution in [3.8, 4) is 23.6 Å². The van der Waals surface area contributed by atoms with Gasteiger partial charge in [-0.05, 0) is 49.7 Å². The minimum absolute atomic E-state index is 0.165. The van der Waals surface area contributed by atoms with Crippen LogP contribution in [-0.2, 0) is 0 Å². The van der Waals surface area contributed by atoms with Crippen LogP contribution in [0, 0.1) is 34.5 Å². The van der Waals surface area contributed by atoms with Gasteiger partial charge in [0, 0.05) is 0 Å². The van der Waals surface area contributed by atoms with Crippen molar-refractivity contribution in [2.24, 2.45) is 11.8 Å². The molecule has 0 aromatic heterocycles. The Morgan fingerprint density at radius 2 is 1.20 bits per heavy atom. The van der Waals surface area contributed by atoms with Crippen LogP contribution in [0.15, 0.2) is 31.7 Å². The Balaban J connectivity index is 1.52. The van der Waals surface area contributed by atoms with Crippen LogP contribution in [0.25, 0.3) is 0 Å². The maximum absolute atomic E-state index is 9.33. The number of hydrogen-bond acceptors (Lipinski definition) is 6. The van der Waals surface area contributed by atoms with Crippen molar-refractivity contribution in [2.45, 2.75) is 74.0 Å². The Bertz CT molecular complexity index is 803. The molecule has 1 aliphatic heterocycles. The number of nitriles is 2. The van der Waals surface area contributed by atoms with Crippen molar-refractivity contribution in [1.29, 1.82) is 10.5 Å². The summed E-state index contributed by atoms with van der Waals surface area (Å²) in [6.07, 6.45) is 12.8. The Hall–Kier alpha value is -1.76. The van der Waals surface area contributed by atoms with Crippen LogP contribution in [-0.4, -0.2) is 13.2 Å². The molecule has 0 amide bonds. The largest absolute Gasteiger partial charge is 0.492 e. The summed E-state index contributed by atoms with van der Waals surface area (Å²) in [7, 11) is 0. The first-order chi connectivity index (χ1) is 14.8.